The lowest BCUT2D eigenvalue weighted by atomic mass is 9.83. The highest BCUT2D eigenvalue weighted by molar-refractivity contribution is 5.01. The van der Waals surface area contributed by atoms with Gasteiger partial charge >= 0.3 is 0 Å². The number of imidazole rings is 1. The van der Waals surface area contributed by atoms with Crippen LogP contribution in [0.2, 0.25) is 0 Å². The zero-order valence-electron chi connectivity index (χ0n) is 13.0. The molecule has 3 unspecified atom stereocenters. The molecule has 112 valence electrons. The van der Waals surface area contributed by atoms with Crippen molar-refractivity contribution in [2.45, 2.75) is 63.7 Å². The molecule has 2 saturated heterocycles. The van der Waals surface area contributed by atoms with Crippen molar-refractivity contribution in [3.8, 4) is 0 Å². The topological polar surface area (TPSA) is 33.1 Å². The number of aryl methyl sites for hydroxylation is 1. The van der Waals surface area contributed by atoms with Crippen LogP contribution >= 0.6 is 0 Å². The molecule has 2 bridgehead atoms. The smallest absolute Gasteiger partial charge is 0.110 e. The van der Waals surface area contributed by atoms with E-state index in [0.717, 1.165) is 31.0 Å². The van der Waals surface area contributed by atoms with E-state index in [9.17, 15) is 0 Å². The molecule has 0 saturated carbocycles. The molecule has 4 heteroatoms. The molecule has 20 heavy (non-hydrogen) atoms. The Hall–Kier alpha value is -0.870. The lowest BCUT2D eigenvalue weighted by Crippen LogP contribution is -2.47. The molecule has 4 nitrogen and oxygen atoms in total. The molecule has 1 aromatic rings. The molecule has 1 N–H and O–H groups in total. The Kier molecular flexibility index (Phi) is 4.13. The van der Waals surface area contributed by atoms with E-state index in [1.54, 1.807) is 0 Å². The van der Waals surface area contributed by atoms with Crippen molar-refractivity contribution in [3.05, 3.63) is 18.2 Å². The number of hydrogen-bond acceptors (Lipinski definition) is 3. The van der Waals surface area contributed by atoms with Crippen molar-refractivity contribution < 1.29 is 0 Å². The molecule has 0 amide bonds. The highest BCUT2D eigenvalue weighted by atomic mass is 15.2. The second kappa shape index (κ2) is 5.86. The van der Waals surface area contributed by atoms with Crippen molar-refractivity contribution >= 4 is 0 Å². The number of nitrogens with zero attached hydrogens (tertiary/aromatic N) is 3. The summed E-state index contributed by atoms with van der Waals surface area (Å²) in [4.78, 5) is 7.17. The minimum atomic E-state index is 0.569. The Morgan fingerprint density at radius 3 is 2.65 bits per heavy atom. The summed E-state index contributed by atoms with van der Waals surface area (Å²) in [6, 6.07) is 2.21. The normalized spacial score (nSPS) is 31.6. The third-order valence-electron chi connectivity index (χ3n) is 5.62. The second-order valence-electron chi connectivity index (χ2n) is 6.51. The molecule has 0 spiro atoms. The molecule has 0 radical (unpaired) electrons. The van der Waals surface area contributed by atoms with Crippen LogP contribution in [0.15, 0.2) is 12.4 Å². The van der Waals surface area contributed by atoms with Gasteiger partial charge in [-0.1, -0.05) is 0 Å². The Labute approximate surface area is 122 Å². The van der Waals surface area contributed by atoms with Crippen LogP contribution in [0.5, 0.6) is 0 Å². The van der Waals surface area contributed by atoms with Gasteiger partial charge in [0.25, 0.3) is 0 Å². The van der Waals surface area contributed by atoms with Crippen molar-refractivity contribution in [1.29, 1.82) is 0 Å². The minimum Gasteiger partial charge on any atom is -0.335 e. The van der Waals surface area contributed by atoms with Gasteiger partial charge in [0.05, 0.1) is 0 Å². The number of aromatic nitrogens is 2. The summed E-state index contributed by atoms with van der Waals surface area (Å²) in [6.07, 6.45) is 10.6. The standard InChI is InChI=1S/C16H28N4/c1-4-20-8-7-18-16(20)11-15(17-2)12-9-13-5-6-14(10-12)19(13)3/h7-8,12-15,17H,4-6,9-11H2,1-3H3. The summed E-state index contributed by atoms with van der Waals surface area (Å²) in [7, 11) is 4.43. The molecular weight excluding hydrogens is 248 g/mol. The highest BCUT2D eigenvalue weighted by Gasteiger charge is 2.40. The van der Waals surface area contributed by atoms with Crippen LogP contribution in [0.4, 0.5) is 0 Å². The number of rotatable bonds is 5. The molecule has 3 rings (SSSR count). The SMILES string of the molecule is CCn1ccnc1CC(NC)C1CC2CCC(C1)N2C. The Morgan fingerprint density at radius 2 is 2.05 bits per heavy atom. The molecular formula is C16H28N4. The fourth-order valence-electron chi connectivity index (χ4n) is 4.30. The van der Waals surface area contributed by atoms with E-state index >= 15 is 0 Å². The first-order valence-electron chi connectivity index (χ1n) is 8.12. The van der Waals surface area contributed by atoms with Gasteiger partial charge in [0.1, 0.15) is 5.82 Å². The van der Waals surface area contributed by atoms with E-state index in [4.69, 9.17) is 0 Å². The summed E-state index contributed by atoms with van der Waals surface area (Å²) in [6.45, 7) is 3.21. The Morgan fingerprint density at radius 1 is 1.35 bits per heavy atom. The lowest BCUT2D eigenvalue weighted by Gasteiger charge is -2.39. The third kappa shape index (κ3) is 2.51. The molecule has 0 aromatic carbocycles. The third-order valence-corrected chi connectivity index (χ3v) is 5.62. The van der Waals surface area contributed by atoms with Gasteiger partial charge < -0.3 is 14.8 Å². The van der Waals surface area contributed by atoms with E-state index in [2.05, 4.69) is 47.0 Å². The van der Waals surface area contributed by atoms with E-state index in [1.807, 2.05) is 6.20 Å². The van der Waals surface area contributed by atoms with Gasteiger partial charge in [-0.05, 0) is 52.6 Å². The Bertz CT molecular complexity index is 427. The maximum Gasteiger partial charge on any atom is 0.110 e. The zero-order valence-corrected chi connectivity index (χ0v) is 13.0. The van der Waals surface area contributed by atoms with Crippen molar-refractivity contribution in [2.75, 3.05) is 14.1 Å². The van der Waals surface area contributed by atoms with Crippen molar-refractivity contribution in [1.82, 2.24) is 19.8 Å². The fourth-order valence-corrected chi connectivity index (χ4v) is 4.30. The largest absolute Gasteiger partial charge is 0.335 e. The number of piperidine rings is 1. The Balaban J connectivity index is 1.68. The molecule has 3 atom stereocenters. The average molecular weight is 276 g/mol. The minimum absolute atomic E-state index is 0.569. The number of fused-ring (bicyclic) bond motifs is 2. The zero-order chi connectivity index (χ0) is 14.1. The van der Waals surface area contributed by atoms with Crippen LogP contribution in [0, 0.1) is 5.92 Å². The maximum atomic E-state index is 4.55. The predicted molar refractivity (Wildman–Crippen MR) is 81.7 cm³/mol. The van der Waals surface area contributed by atoms with E-state index in [-0.39, 0.29) is 0 Å². The first kappa shape index (κ1) is 14.1. The predicted octanol–water partition coefficient (Wildman–Crippen LogP) is 1.91. The first-order valence-corrected chi connectivity index (χ1v) is 8.12. The van der Waals surface area contributed by atoms with Crippen LogP contribution in [0.25, 0.3) is 0 Å². The van der Waals surface area contributed by atoms with E-state index < -0.39 is 0 Å². The van der Waals surface area contributed by atoms with Gasteiger partial charge in [-0.15, -0.1) is 0 Å². The molecule has 2 aliphatic heterocycles. The fraction of sp³-hybridized carbons (Fsp3) is 0.812. The highest BCUT2D eigenvalue weighted by Crippen LogP contribution is 2.39. The average Bonchev–Trinajstić information content (AvgIpc) is 2.97. The maximum absolute atomic E-state index is 4.55. The quantitative estimate of drug-likeness (QED) is 0.892. The van der Waals surface area contributed by atoms with Gasteiger partial charge in [0.15, 0.2) is 0 Å². The summed E-state index contributed by atoms with van der Waals surface area (Å²) >= 11 is 0. The molecule has 3 heterocycles. The van der Waals surface area contributed by atoms with Crippen LogP contribution in [-0.2, 0) is 13.0 Å². The molecule has 2 aliphatic rings. The van der Waals surface area contributed by atoms with E-state index in [0.29, 0.717) is 6.04 Å². The first-order chi connectivity index (χ1) is 9.72. The number of nitrogens with one attached hydrogen (secondary N) is 1. The van der Waals surface area contributed by atoms with Gasteiger partial charge in [-0.3, -0.25) is 0 Å². The van der Waals surface area contributed by atoms with Crippen LogP contribution < -0.4 is 5.32 Å². The van der Waals surface area contributed by atoms with Gasteiger partial charge in [0, 0.05) is 43.5 Å². The summed E-state index contributed by atoms with van der Waals surface area (Å²) < 4.78 is 2.27. The molecule has 1 aromatic heterocycles. The summed E-state index contributed by atoms with van der Waals surface area (Å²) in [5.41, 5.74) is 0. The number of likely N-dealkylation sites (N-methyl/N-ethyl adjacent to an activating group) is 1. The van der Waals surface area contributed by atoms with Crippen LogP contribution in [0.3, 0.4) is 0 Å². The van der Waals surface area contributed by atoms with Gasteiger partial charge in [-0.25, -0.2) is 4.98 Å². The van der Waals surface area contributed by atoms with E-state index in [1.165, 1.54) is 31.5 Å². The molecule has 0 aliphatic carbocycles. The van der Waals surface area contributed by atoms with Gasteiger partial charge in [0.2, 0.25) is 0 Å². The van der Waals surface area contributed by atoms with Crippen LogP contribution in [0.1, 0.15) is 38.4 Å². The monoisotopic (exact) mass is 276 g/mol. The summed E-state index contributed by atoms with van der Waals surface area (Å²) in [5, 5.41) is 3.57. The van der Waals surface area contributed by atoms with Gasteiger partial charge in [-0.2, -0.15) is 0 Å². The number of hydrogen-bond donors (Lipinski definition) is 1. The lowest BCUT2D eigenvalue weighted by molar-refractivity contribution is 0.113. The molecule has 2 fully saturated rings. The second-order valence-corrected chi connectivity index (χ2v) is 6.51. The van der Waals surface area contributed by atoms with Crippen molar-refractivity contribution in [2.24, 2.45) is 5.92 Å². The van der Waals surface area contributed by atoms with Crippen LogP contribution in [-0.4, -0.2) is 46.7 Å². The van der Waals surface area contributed by atoms with Crippen molar-refractivity contribution in [3.63, 3.8) is 0 Å². The summed E-state index contributed by atoms with van der Waals surface area (Å²) in [5.74, 6) is 2.04.